The third-order valence-corrected chi connectivity index (χ3v) is 1.46. The van der Waals surface area contributed by atoms with Crippen molar-refractivity contribution in [3.8, 4) is 0 Å². The van der Waals surface area contributed by atoms with Crippen molar-refractivity contribution in [2.45, 2.75) is 27.7 Å². The number of carbonyl (C=O) groups excluding carboxylic acids is 1. The number of carbonyl (C=O) groups is 1. The Labute approximate surface area is 81.1 Å². The van der Waals surface area contributed by atoms with E-state index in [4.69, 9.17) is 4.74 Å². The van der Waals surface area contributed by atoms with Crippen LogP contribution < -0.4 is 0 Å². The highest BCUT2D eigenvalue weighted by Gasteiger charge is 2.11. The average molecular weight is 187 g/mol. The summed E-state index contributed by atoms with van der Waals surface area (Å²) in [6.07, 6.45) is 0. The van der Waals surface area contributed by atoms with Gasteiger partial charge in [-0.1, -0.05) is 20.8 Å². The van der Waals surface area contributed by atoms with E-state index in [-0.39, 0.29) is 5.91 Å². The zero-order valence-corrected chi connectivity index (χ0v) is 9.17. The molecule has 0 unspecified atom stereocenters. The Morgan fingerprint density at radius 1 is 1.23 bits per heavy atom. The summed E-state index contributed by atoms with van der Waals surface area (Å²) in [5, 5.41) is 0. The van der Waals surface area contributed by atoms with Gasteiger partial charge in [0.25, 0.3) is 0 Å². The fourth-order valence-electron chi connectivity index (χ4n) is 0.878. The highest BCUT2D eigenvalue weighted by atomic mass is 16.5. The molecule has 78 valence electrons. The molecule has 0 aliphatic carbocycles. The SMILES string of the molecule is CC(=O)N1CCOCC1.CC(C)C. The molecule has 0 radical (unpaired) electrons. The molecule has 0 N–H and O–H groups in total. The summed E-state index contributed by atoms with van der Waals surface area (Å²) in [5.74, 6) is 0.985. The first kappa shape index (κ1) is 12.4. The molecule has 0 spiro atoms. The number of nitrogens with zero attached hydrogens (tertiary/aromatic N) is 1. The van der Waals surface area contributed by atoms with Crippen LogP contribution >= 0.6 is 0 Å². The van der Waals surface area contributed by atoms with Gasteiger partial charge in [-0.3, -0.25) is 4.79 Å². The second-order valence-corrected chi connectivity index (χ2v) is 3.85. The molecule has 1 amide bonds. The number of rotatable bonds is 0. The van der Waals surface area contributed by atoms with Crippen LogP contribution in [0, 0.1) is 5.92 Å². The van der Waals surface area contributed by atoms with Gasteiger partial charge in [0.15, 0.2) is 0 Å². The third-order valence-electron chi connectivity index (χ3n) is 1.46. The van der Waals surface area contributed by atoms with Crippen LogP contribution in [-0.2, 0) is 9.53 Å². The molecule has 0 bridgehead atoms. The van der Waals surface area contributed by atoms with Crippen LogP contribution in [0.2, 0.25) is 0 Å². The minimum absolute atomic E-state index is 0.151. The number of ether oxygens (including phenoxy) is 1. The smallest absolute Gasteiger partial charge is 0.219 e. The largest absolute Gasteiger partial charge is 0.378 e. The van der Waals surface area contributed by atoms with Crippen LogP contribution in [0.1, 0.15) is 27.7 Å². The predicted octanol–water partition coefficient (Wildman–Crippen LogP) is 1.53. The monoisotopic (exact) mass is 187 g/mol. The molecule has 0 aromatic heterocycles. The van der Waals surface area contributed by atoms with Crippen LogP contribution in [-0.4, -0.2) is 37.1 Å². The molecular formula is C10H21NO2. The Morgan fingerprint density at radius 3 is 1.85 bits per heavy atom. The molecule has 1 aliphatic rings. The van der Waals surface area contributed by atoms with E-state index in [0.29, 0.717) is 13.2 Å². The van der Waals surface area contributed by atoms with E-state index < -0.39 is 0 Å². The van der Waals surface area contributed by atoms with Gasteiger partial charge in [-0.2, -0.15) is 0 Å². The van der Waals surface area contributed by atoms with Crippen molar-refractivity contribution in [3.63, 3.8) is 0 Å². The van der Waals surface area contributed by atoms with E-state index >= 15 is 0 Å². The lowest BCUT2D eigenvalue weighted by molar-refractivity contribution is -0.132. The Hall–Kier alpha value is -0.570. The number of amides is 1. The summed E-state index contributed by atoms with van der Waals surface area (Å²) in [7, 11) is 0. The van der Waals surface area contributed by atoms with E-state index in [1.165, 1.54) is 0 Å². The van der Waals surface area contributed by atoms with Crippen molar-refractivity contribution < 1.29 is 9.53 Å². The Balaban J connectivity index is 0.000000310. The fourth-order valence-corrected chi connectivity index (χ4v) is 0.878. The van der Waals surface area contributed by atoms with E-state index in [2.05, 4.69) is 20.8 Å². The first-order valence-corrected chi connectivity index (χ1v) is 4.87. The van der Waals surface area contributed by atoms with Crippen LogP contribution in [0.3, 0.4) is 0 Å². The molecule has 0 atom stereocenters. The molecule has 0 saturated carbocycles. The molecule has 1 rings (SSSR count). The predicted molar refractivity (Wildman–Crippen MR) is 53.6 cm³/mol. The van der Waals surface area contributed by atoms with Gasteiger partial charge in [0.2, 0.25) is 5.91 Å². The maximum Gasteiger partial charge on any atom is 0.219 e. The molecule has 0 aromatic carbocycles. The van der Waals surface area contributed by atoms with Gasteiger partial charge in [0.05, 0.1) is 13.2 Å². The molecule has 1 saturated heterocycles. The average Bonchev–Trinajstić information content (AvgIpc) is 2.05. The molecule has 3 heteroatoms. The Bertz CT molecular complexity index is 137. The van der Waals surface area contributed by atoms with Crippen molar-refractivity contribution >= 4 is 5.91 Å². The molecule has 1 heterocycles. The Kier molecular flexibility index (Phi) is 6.59. The van der Waals surface area contributed by atoms with E-state index in [1.807, 2.05) is 0 Å². The summed E-state index contributed by atoms with van der Waals surface area (Å²) in [4.78, 5) is 12.5. The first-order chi connectivity index (χ1) is 6.04. The van der Waals surface area contributed by atoms with Gasteiger partial charge in [-0.05, 0) is 5.92 Å². The minimum atomic E-state index is 0.151. The molecule has 3 nitrogen and oxygen atoms in total. The molecular weight excluding hydrogens is 166 g/mol. The van der Waals surface area contributed by atoms with Crippen LogP contribution in [0.5, 0.6) is 0 Å². The third kappa shape index (κ3) is 7.78. The summed E-state index contributed by atoms with van der Waals surface area (Å²) < 4.78 is 5.06. The van der Waals surface area contributed by atoms with Gasteiger partial charge in [0.1, 0.15) is 0 Å². The summed E-state index contributed by atoms with van der Waals surface area (Å²) in [6, 6.07) is 0. The zero-order valence-electron chi connectivity index (χ0n) is 9.17. The van der Waals surface area contributed by atoms with Gasteiger partial charge >= 0.3 is 0 Å². The summed E-state index contributed by atoms with van der Waals surface area (Å²) in [5.41, 5.74) is 0. The molecule has 1 fully saturated rings. The molecule has 13 heavy (non-hydrogen) atoms. The topological polar surface area (TPSA) is 29.5 Å². The minimum Gasteiger partial charge on any atom is -0.378 e. The second-order valence-electron chi connectivity index (χ2n) is 3.85. The van der Waals surface area contributed by atoms with Crippen molar-refractivity contribution in [2.24, 2.45) is 5.92 Å². The van der Waals surface area contributed by atoms with Gasteiger partial charge in [-0.25, -0.2) is 0 Å². The molecule has 1 aliphatic heterocycles. The second kappa shape index (κ2) is 6.89. The maximum atomic E-state index is 10.7. The Morgan fingerprint density at radius 2 is 1.62 bits per heavy atom. The first-order valence-electron chi connectivity index (χ1n) is 4.87. The van der Waals surface area contributed by atoms with Gasteiger partial charge < -0.3 is 9.64 Å². The standard InChI is InChI=1S/C6H11NO2.C4H10/c1-6(8)7-2-4-9-5-3-7;1-4(2)3/h2-5H2,1H3;4H,1-3H3. The van der Waals surface area contributed by atoms with Crippen LogP contribution in [0.25, 0.3) is 0 Å². The van der Waals surface area contributed by atoms with Crippen molar-refractivity contribution in [3.05, 3.63) is 0 Å². The van der Waals surface area contributed by atoms with E-state index in [9.17, 15) is 4.79 Å². The number of hydrogen-bond donors (Lipinski definition) is 0. The van der Waals surface area contributed by atoms with Gasteiger partial charge in [-0.15, -0.1) is 0 Å². The summed E-state index contributed by atoms with van der Waals surface area (Å²) in [6.45, 7) is 11.0. The van der Waals surface area contributed by atoms with Crippen molar-refractivity contribution in [2.75, 3.05) is 26.3 Å². The van der Waals surface area contributed by atoms with E-state index in [1.54, 1.807) is 11.8 Å². The van der Waals surface area contributed by atoms with Gasteiger partial charge in [0, 0.05) is 20.0 Å². The number of morpholine rings is 1. The molecule has 0 aromatic rings. The van der Waals surface area contributed by atoms with Crippen LogP contribution in [0.4, 0.5) is 0 Å². The maximum absolute atomic E-state index is 10.7. The van der Waals surface area contributed by atoms with Crippen LogP contribution in [0.15, 0.2) is 0 Å². The quantitative estimate of drug-likeness (QED) is 0.575. The van der Waals surface area contributed by atoms with Crippen molar-refractivity contribution in [1.82, 2.24) is 4.90 Å². The highest BCUT2D eigenvalue weighted by Crippen LogP contribution is 1.95. The fraction of sp³-hybridized carbons (Fsp3) is 0.900. The normalized spacial score (nSPS) is 16.5. The lowest BCUT2D eigenvalue weighted by Crippen LogP contribution is -2.39. The summed E-state index contributed by atoms with van der Waals surface area (Å²) >= 11 is 0. The van der Waals surface area contributed by atoms with Crippen molar-refractivity contribution in [1.29, 1.82) is 0 Å². The number of hydrogen-bond acceptors (Lipinski definition) is 2. The lowest BCUT2D eigenvalue weighted by atomic mass is 10.3. The highest BCUT2D eigenvalue weighted by molar-refractivity contribution is 5.73. The lowest BCUT2D eigenvalue weighted by Gasteiger charge is -2.25. The van der Waals surface area contributed by atoms with E-state index in [0.717, 1.165) is 19.0 Å². The zero-order chi connectivity index (χ0) is 10.3.